The summed E-state index contributed by atoms with van der Waals surface area (Å²) < 4.78 is 35.0. The number of morpholine rings is 1. The van der Waals surface area contributed by atoms with Gasteiger partial charge in [-0.1, -0.05) is 0 Å². The van der Waals surface area contributed by atoms with Crippen molar-refractivity contribution in [3.8, 4) is 6.07 Å². The highest BCUT2D eigenvalue weighted by Crippen LogP contribution is 2.43. The Morgan fingerprint density at radius 3 is 2.82 bits per heavy atom. The molecule has 0 radical (unpaired) electrons. The van der Waals surface area contributed by atoms with E-state index in [1.54, 1.807) is 24.3 Å². The van der Waals surface area contributed by atoms with E-state index in [-0.39, 0.29) is 17.0 Å². The highest BCUT2D eigenvalue weighted by molar-refractivity contribution is 7.89. The Kier molecular flexibility index (Phi) is 5.86. The van der Waals surface area contributed by atoms with E-state index >= 15 is 0 Å². The largest absolute Gasteiger partial charge is 0.387 e. The first-order chi connectivity index (χ1) is 16.0. The fraction of sp³-hybridized carbons (Fsp3) is 0.478. The van der Waals surface area contributed by atoms with Gasteiger partial charge >= 0.3 is 0 Å². The van der Waals surface area contributed by atoms with Crippen LogP contribution in [0.5, 0.6) is 0 Å². The third-order valence-corrected chi connectivity index (χ3v) is 8.53. The van der Waals surface area contributed by atoms with E-state index in [1.165, 1.54) is 4.31 Å². The van der Waals surface area contributed by atoms with Gasteiger partial charge in [-0.05, 0) is 62.2 Å². The van der Waals surface area contributed by atoms with E-state index < -0.39 is 10.0 Å². The second-order valence-corrected chi connectivity index (χ2v) is 10.7. The van der Waals surface area contributed by atoms with Crippen LogP contribution in [0.4, 0.5) is 11.5 Å². The number of nitriles is 1. The van der Waals surface area contributed by atoms with Crippen LogP contribution in [0, 0.1) is 17.2 Å². The van der Waals surface area contributed by atoms with Crippen molar-refractivity contribution in [2.24, 2.45) is 5.92 Å². The molecule has 3 aliphatic rings. The molecule has 2 fully saturated rings. The molecule has 1 aromatic carbocycles. The van der Waals surface area contributed by atoms with Crippen LogP contribution in [0.3, 0.4) is 0 Å². The molecule has 5 rings (SSSR count). The van der Waals surface area contributed by atoms with Crippen LogP contribution >= 0.6 is 0 Å². The number of aromatic nitrogens is 2. The van der Waals surface area contributed by atoms with E-state index in [9.17, 15) is 13.7 Å². The predicted octanol–water partition coefficient (Wildman–Crippen LogP) is 2.97. The van der Waals surface area contributed by atoms with Gasteiger partial charge in [0.2, 0.25) is 10.0 Å². The molecular weight excluding hydrogens is 440 g/mol. The molecule has 33 heavy (non-hydrogen) atoms. The lowest BCUT2D eigenvalue weighted by Gasteiger charge is -2.32. The summed E-state index contributed by atoms with van der Waals surface area (Å²) in [5.74, 6) is 1.22. The summed E-state index contributed by atoms with van der Waals surface area (Å²) in [6, 6.07) is 8.99. The van der Waals surface area contributed by atoms with Gasteiger partial charge in [0.1, 0.15) is 0 Å². The van der Waals surface area contributed by atoms with Crippen molar-refractivity contribution >= 4 is 27.6 Å². The first kappa shape index (κ1) is 21.9. The van der Waals surface area contributed by atoms with Crippen LogP contribution in [0.25, 0.3) is 6.08 Å². The number of hydrogen-bond acceptors (Lipinski definition) is 7. The molecule has 2 aromatic rings. The van der Waals surface area contributed by atoms with E-state index in [0.29, 0.717) is 38.6 Å². The molecule has 2 atom stereocenters. The Bertz CT molecular complexity index is 1190. The van der Waals surface area contributed by atoms with Gasteiger partial charge in [-0.3, -0.25) is 4.68 Å². The summed E-state index contributed by atoms with van der Waals surface area (Å²) in [5.41, 5.74) is 2.82. The molecule has 1 saturated heterocycles. The summed E-state index contributed by atoms with van der Waals surface area (Å²) in [4.78, 5) is 0.266. The number of nitrogens with one attached hydrogen (secondary N) is 2. The molecule has 1 saturated carbocycles. The van der Waals surface area contributed by atoms with E-state index in [2.05, 4.69) is 16.7 Å². The minimum absolute atomic E-state index is 0.0741. The zero-order valence-electron chi connectivity index (χ0n) is 18.6. The fourth-order valence-electron chi connectivity index (χ4n) is 4.56. The van der Waals surface area contributed by atoms with Crippen molar-refractivity contribution in [3.63, 3.8) is 0 Å². The molecule has 9 nitrogen and oxygen atoms in total. The molecular formula is C23H28N6O3S. The van der Waals surface area contributed by atoms with E-state index in [0.717, 1.165) is 35.6 Å². The number of nitrogens with zero attached hydrogens (tertiary/aromatic N) is 4. The van der Waals surface area contributed by atoms with Crippen molar-refractivity contribution < 1.29 is 13.2 Å². The molecule has 0 bridgehead atoms. The van der Waals surface area contributed by atoms with Crippen LogP contribution in [0.1, 0.15) is 43.5 Å². The molecule has 1 aliphatic carbocycles. The highest BCUT2D eigenvalue weighted by atomic mass is 32.2. The van der Waals surface area contributed by atoms with Gasteiger partial charge in [0.05, 0.1) is 42.3 Å². The van der Waals surface area contributed by atoms with Crippen LogP contribution in [0.15, 0.2) is 35.4 Å². The standard InChI is InChI=1S/C23H28N6O3S/c1-16-15-32-13-12-28(16)33(30,31)19-6-4-18(5-7-19)26-23-20-14-25-11-9-22(20)29(27-23)21(8-10-24)17-2-3-17/h4-7,9,11,16-17,21,25H,2-3,8,12-15H2,1H3,(H,26,27)/t16?,21-/m0/s1. The van der Waals surface area contributed by atoms with Gasteiger partial charge in [0.25, 0.3) is 0 Å². The van der Waals surface area contributed by atoms with Gasteiger partial charge in [-0.15, -0.1) is 0 Å². The summed E-state index contributed by atoms with van der Waals surface area (Å²) in [7, 11) is -3.58. The van der Waals surface area contributed by atoms with Gasteiger partial charge in [0, 0.05) is 30.4 Å². The maximum atomic E-state index is 13.1. The third kappa shape index (κ3) is 4.24. The first-order valence-electron chi connectivity index (χ1n) is 11.3. The van der Waals surface area contributed by atoms with Crippen LogP contribution in [-0.4, -0.2) is 48.3 Å². The van der Waals surface area contributed by atoms with Crippen LogP contribution in [-0.2, 0) is 21.3 Å². The monoisotopic (exact) mass is 468 g/mol. The minimum atomic E-state index is -3.58. The fourth-order valence-corrected chi connectivity index (χ4v) is 6.16. The Morgan fingerprint density at radius 1 is 1.33 bits per heavy atom. The summed E-state index contributed by atoms with van der Waals surface area (Å²) in [6.45, 7) is 3.67. The van der Waals surface area contributed by atoms with Crippen LogP contribution < -0.4 is 10.6 Å². The molecule has 0 spiro atoms. The molecule has 3 heterocycles. The van der Waals surface area contributed by atoms with Gasteiger partial charge in [0.15, 0.2) is 5.82 Å². The predicted molar refractivity (Wildman–Crippen MR) is 124 cm³/mol. The zero-order chi connectivity index (χ0) is 23.0. The number of benzene rings is 1. The smallest absolute Gasteiger partial charge is 0.243 e. The van der Waals surface area contributed by atoms with Crippen molar-refractivity contribution in [2.75, 3.05) is 25.1 Å². The van der Waals surface area contributed by atoms with Crippen LogP contribution in [0.2, 0.25) is 0 Å². The zero-order valence-corrected chi connectivity index (χ0v) is 19.4. The lowest BCUT2D eigenvalue weighted by molar-refractivity contribution is 0.0393. The molecule has 10 heteroatoms. The lowest BCUT2D eigenvalue weighted by atomic mass is 10.1. The number of rotatable bonds is 7. The minimum Gasteiger partial charge on any atom is -0.387 e. The summed E-state index contributed by atoms with van der Waals surface area (Å²) >= 11 is 0. The third-order valence-electron chi connectivity index (χ3n) is 6.50. The number of sulfonamides is 1. The van der Waals surface area contributed by atoms with E-state index in [1.807, 2.05) is 23.9 Å². The normalized spacial score (nSPS) is 21.6. The molecule has 2 N–H and O–H groups in total. The summed E-state index contributed by atoms with van der Waals surface area (Å²) in [6.07, 6.45) is 6.61. The molecule has 1 unspecified atom stereocenters. The molecule has 0 amide bonds. The van der Waals surface area contributed by atoms with E-state index in [4.69, 9.17) is 9.84 Å². The average Bonchev–Trinajstić information content (AvgIpc) is 3.61. The van der Waals surface area contributed by atoms with Gasteiger partial charge in [-0.25, -0.2) is 8.42 Å². The average molecular weight is 469 g/mol. The summed E-state index contributed by atoms with van der Waals surface area (Å²) in [5, 5.41) is 20.8. The molecule has 2 aliphatic heterocycles. The maximum absolute atomic E-state index is 13.1. The van der Waals surface area contributed by atoms with Gasteiger partial charge in [-0.2, -0.15) is 14.7 Å². The Hall–Kier alpha value is -2.87. The molecule has 174 valence electrons. The van der Waals surface area contributed by atoms with Crippen molar-refractivity contribution in [2.45, 2.75) is 49.7 Å². The second-order valence-electron chi connectivity index (χ2n) is 8.83. The number of anilines is 2. The molecule has 1 aromatic heterocycles. The topological polar surface area (TPSA) is 112 Å². The van der Waals surface area contributed by atoms with Crippen molar-refractivity contribution in [3.05, 3.63) is 41.7 Å². The lowest BCUT2D eigenvalue weighted by Crippen LogP contribution is -2.46. The number of hydrogen-bond donors (Lipinski definition) is 2. The highest BCUT2D eigenvalue weighted by Gasteiger charge is 2.35. The Balaban J connectivity index is 1.40. The number of fused-ring (bicyclic) bond motifs is 1. The second kappa shape index (κ2) is 8.82. The Morgan fingerprint density at radius 2 is 2.12 bits per heavy atom. The number of ether oxygens (including phenoxy) is 1. The Labute approximate surface area is 194 Å². The van der Waals surface area contributed by atoms with Gasteiger partial charge < -0.3 is 15.4 Å². The first-order valence-corrected chi connectivity index (χ1v) is 12.8. The van der Waals surface area contributed by atoms with Crippen molar-refractivity contribution in [1.29, 1.82) is 5.26 Å². The quantitative estimate of drug-likeness (QED) is 0.642. The maximum Gasteiger partial charge on any atom is 0.243 e. The SMILES string of the molecule is CC1COCCN1S(=O)(=O)c1ccc(Nc2nn([C@@H](CC#N)C3CC3)c3c2CNC=C3)cc1. The van der Waals surface area contributed by atoms with Crippen molar-refractivity contribution in [1.82, 2.24) is 19.4 Å².